The third-order valence-corrected chi connectivity index (χ3v) is 3.12. The molecule has 0 saturated carbocycles. The number of nitrogen functional groups attached to an aromatic ring is 1. The van der Waals surface area contributed by atoms with Gasteiger partial charge in [0.2, 0.25) is 0 Å². The molecule has 1 heterocycles. The maximum Gasteiger partial charge on any atom is 0.472 e. The Morgan fingerprint density at radius 3 is 2.55 bits per heavy atom. The second-order valence-electron chi connectivity index (χ2n) is 4.28. The van der Waals surface area contributed by atoms with Crippen LogP contribution in [0.3, 0.4) is 0 Å². The zero-order chi connectivity index (χ0) is 16.7. The lowest BCUT2D eigenvalue weighted by molar-refractivity contribution is -0.0944. The van der Waals surface area contributed by atoms with Gasteiger partial charge in [0.25, 0.3) is 0 Å². The Balaban J connectivity index is 2.83. The number of alkyl halides is 3. The summed E-state index contributed by atoms with van der Waals surface area (Å²) in [6.07, 6.45) is -5.18. The van der Waals surface area contributed by atoms with Crippen molar-refractivity contribution in [2.24, 2.45) is 0 Å². The van der Waals surface area contributed by atoms with Gasteiger partial charge in [0.15, 0.2) is 5.69 Å². The highest BCUT2D eigenvalue weighted by Gasteiger charge is 2.43. The van der Waals surface area contributed by atoms with Crippen molar-refractivity contribution >= 4 is 40.1 Å². The quantitative estimate of drug-likeness (QED) is 0.855. The lowest BCUT2D eigenvalue weighted by Gasteiger charge is -2.11. The van der Waals surface area contributed by atoms with Crippen LogP contribution in [-0.4, -0.2) is 29.2 Å². The Morgan fingerprint density at radius 1 is 1.36 bits per heavy atom. The van der Waals surface area contributed by atoms with Crippen molar-refractivity contribution in [1.29, 1.82) is 0 Å². The molecule has 22 heavy (non-hydrogen) atoms. The maximum absolute atomic E-state index is 12.8. The zero-order valence-electron chi connectivity index (χ0n) is 11.2. The van der Waals surface area contributed by atoms with E-state index in [-0.39, 0.29) is 32.8 Å². The fraction of sp³-hybridized carbons (Fsp3) is 0.231. The third kappa shape index (κ3) is 2.61. The summed E-state index contributed by atoms with van der Waals surface area (Å²) in [5.74, 6) is -3.36. The first-order valence-electron chi connectivity index (χ1n) is 6.06. The van der Waals surface area contributed by atoms with Gasteiger partial charge in [-0.15, -0.1) is 0 Å². The van der Waals surface area contributed by atoms with E-state index in [4.69, 9.17) is 17.3 Å². The molecular formula is C13H10ClF3N2O3. The van der Waals surface area contributed by atoms with E-state index >= 15 is 0 Å². The number of benzene rings is 1. The van der Waals surface area contributed by atoms with E-state index in [2.05, 4.69) is 4.74 Å². The summed E-state index contributed by atoms with van der Waals surface area (Å²) < 4.78 is 43.3. The zero-order valence-corrected chi connectivity index (χ0v) is 12.0. The minimum absolute atomic E-state index is 0.0631. The number of rotatable bonds is 2. The Kier molecular flexibility index (Phi) is 4.06. The van der Waals surface area contributed by atoms with Gasteiger partial charge >= 0.3 is 18.1 Å². The molecule has 2 aromatic rings. The van der Waals surface area contributed by atoms with E-state index in [1.54, 1.807) is 0 Å². The van der Waals surface area contributed by atoms with E-state index in [1.807, 2.05) is 0 Å². The molecule has 118 valence electrons. The predicted molar refractivity (Wildman–Crippen MR) is 74.0 cm³/mol. The first-order chi connectivity index (χ1) is 10.2. The molecule has 0 radical (unpaired) electrons. The molecule has 9 heteroatoms. The van der Waals surface area contributed by atoms with Crippen molar-refractivity contribution in [2.45, 2.75) is 13.1 Å². The minimum atomic E-state index is -5.18. The number of nitrogens with zero attached hydrogens (tertiary/aromatic N) is 1. The lowest BCUT2D eigenvalue weighted by Crippen LogP contribution is -2.31. The molecule has 0 saturated heterocycles. The fourth-order valence-electron chi connectivity index (χ4n) is 2.03. The van der Waals surface area contributed by atoms with E-state index in [1.165, 1.54) is 25.1 Å². The largest absolute Gasteiger partial charge is 0.472 e. The van der Waals surface area contributed by atoms with Crippen LogP contribution in [0.1, 0.15) is 22.2 Å². The first-order valence-corrected chi connectivity index (χ1v) is 6.44. The molecule has 0 bridgehead atoms. The predicted octanol–water partition coefficient (Wildman–Crippen LogP) is 3.26. The summed E-state index contributed by atoms with van der Waals surface area (Å²) in [4.78, 5) is 23.5. The average Bonchev–Trinajstić information content (AvgIpc) is 2.70. The van der Waals surface area contributed by atoms with Gasteiger partial charge in [0, 0.05) is 10.4 Å². The number of nitrogens with two attached hydrogens (primary N) is 1. The summed E-state index contributed by atoms with van der Waals surface area (Å²) in [7, 11) is 0. The number of fused-ring (bicyclic) bond motifs is 1. The van der Waals surface area contributed by atoms with Gasteiger partial charge in [-0.1, -0.05) is 11.6 Å². The van der Waals surface area contributed by atoms with Gasteiger partial charge in [-0.3, -0.25) is 9.36 Å². The standard InChI is InChI=1S/C13H10ClF3N2O3/c1-2-22-11(20)10-9(18)7-5-6(14)3-4-8(7)19(10)12(21)13(15,16)17/h3-5H,2,18H2,1H3. The minimum Gasteiger partial charge on any atom is -0.461 e. The van der Waals surface area contributed by atoms with Gasteiger partial charge in [0.05, 0.1) is 17.8 Å². The monoisotopic (exact) mass is 334 g/mol. The van der Waals surface area contributed by atoms with Gasteiger partial charge in [-0.2, -0.15) is 13.2 Å². The molecule has 0 aliphatic rings. The van der Waals surface area contributed by atoms with Crippen LogP contribution in [0.5, 0.6) is 0 Å². The molecule has 1 aromatic carbocycles. The van der Waals surface area contributed by atoms with Crippen LogP contribution in [0.2, 0.25) is 5.02 Å². The molecule has 0 unspecified atom stereocenters. The molecule has 0 aliphatic carbocycles. The van der Waals surface area contributed by atoms with Crippen molar-refractivity contribution < 1.29 is 27.5 Å². The van der Waals surface area contributed by atoms with Gasteiger partial charge in [-0.05, 0) is 25.1 Å². The maximum atomic E-state index is 12.8. The first kappa shape index (κ1) is 16.2. The Morgan fingerprint density at radius 2 is 2.00 bits per heavy atom. The summed E-state index contributed by atoms with van der Waals surface area (Å²) >= 11 is 5.77. The summed E-state index contributed by atoms with van der Waals surface area (Å²) in [6.45, 7) is 1.39. The lowest BCUT2D eigenvalue weighted by atomic mass is 10.2. The summed E-state index contributed by atoms with van der Waals surface area (Å²) in [6, 6.07) is 3.74. The normalized spacial score (nSPS) is 11.7. The van der Waals surface area contributed by atoms with Gasteiger partial charge in [0.1, 0.15) is 0 Å². The Labute approximate surface area is 127 Å². The van der Waals surface area contributed by atoms with Crippen molar-refractivity contribution in [3.8, 4) is 0 Å². The summed E-state index contributed by atoms with van der Waals surface area (Å²) in [5.41, 5.74) is 4.58. The number of aromatic nitrogens is 1. The highest BCUT2D eigenvalue weighted by molar-refractivity contribution is 6.31. The number of hydrogen-bond acceptors (Lipinski definition) is 4. The highest BCUT2D eigenvalue weighted by Crippen LogP contribution is 2.33. The van der Waals surface area contributed by atoms with Crippen LogP contribution in [0.4, 0.5) is 18.9 Å². The molecule has 0 spiro atoms. The van der Waals surface area contributed by atoms with Crippen molar-refractivity contribution in [1.82, 2.24) is 4.57 Å². The smallest absolute Gasteiger partial charge is 0.461 e. The molecule has 2 rings (SSSR count). The van der Waals surface area contributed by atoms with Crippen molar-refractivity contribution in [2.75, 3.05) is 12.3 Å². The number of hydrogen-bond donors (Lipinski definition) is 1. The summed E-state index contributed by atoms with van der Waals surface area (Å²) in [5, 5.41) is 0.263. The van der Waals surface area contributed by atoms with Gasteiger partial charge in [-0.25, -0.2) is 4.79 Å². The van der Waals surface area contributed by atoms with E-state index < -0.39 is 23.7 Å². The molecule has 0 amide bonds. The molecular weight excluding hydrogens is 325 g/mol. The van der Waals surface area contributed by atoms with Crippen molar-refractivity contribution in [3.63, 3.8) is 0 Å². The number of ether oxygens (including phenoxy) is 1. The fourth-order valence-corrected chi connectivity index (χ4v) is 2.20. The third-order valence-electron chi connectivity index (χ3n) is 2.88. The second kappa shape index (κ2) is 5.53. The van der Waals surface area contributed by atoms with E-state index in [9.17, 15) is 22.8 Å². The SMILES string of the molecule is CCOC(=O)c1c(N)c2cc(Cl)ccc2n1C(=O)C(F)(F)F. The van der Waals surface area contributed by atoms with Crippen LogP contribution < -0.4 is 5.73 Å². The van der Waals surface area contributed by atoms with Crippen LogP contribution in [0.25, 0.3) is 10.9 Å². The topological polar surface area (TPSA) is 74.3 Å². The van der Waals surface area contributed by atoms with Crippen LogP contribution in [0, 0.1) is 0 Å². The molecule has 1 aromatic heterocycles. The van der Waals surface area contributed by atoms with Crippen molar-refractivity contribution in [3.05, 3.63) is 28.9 Å². The van der Waals surface area contributed by atoms with E-state index in [0.29, 0.717) is 0 Å². The highest BCUT2D eigenvalue weighted by atomic mass is 35.5. The van der Waals surface area contributed by atoms with Crippen LogP contribution >= 0.6 is 11.6 Å². The van der Waals surface area contributed by atoms with Crippen LogP contribution in [0.15, 0.2) is 18.2 Å². The Bertz CT molecular complexity index is 768. The van der Waals surface area contributed by atoms with E-state index in [0.717, 1.165) is 0 Å². The number of anilines is 1. The van der Waals surface area contributed by atoms with Gasteiger partial charge < -0.3 is 10.5 Å². The molecule has 5 nitrogen and oxygen atoms in total. The molecule has 0 atom stereocenters. The molecule has 2 N–H and O–H groups in total. The molecule has 0 aliphatic heterocycles. The van der Waals surface area contributed by atoms with Crippen LogP contribution in [-0.2, 0) is 4.74 Å². The number of halogens is 4. The Hall–Kier alpha value is -2.22. The number of carbonyl (C=O) groups is 2. The number of carbonyl (C=O) groups excluding carboxylic acids is 2. The second-order valence-corrected chi connectivity index (χ2v) is 4.72. The number of esters is 1. The average molecular weight is 335 g/mol. The molecule has 0 fully saturated rings.